The molecule has 1 aromatic carbocycles. The van der Waals surface area contributed by atoms with Crippen molar-refractivity contribution in [3.05, 3.63) is 33.4 Å². The van der Waals surface area contributed by atoms with Crippen molar-refractivity contribution < 1.29 is 4.74 Å². The summed E-state index contributed by atoms with van der Waals surface area (Å²) in [6.45, 7) is 1.87. The zero-order chi connectivity index (χ0) is 11.0. The van der Waals surface area contributed by atoms with Gasteiger partial charge in [-0.25, -0.2) is 4.98 Å². The Labute approximate surface area is 101 Å². The van der Waals surface area contributed by atoms with Gasteiger partial charge in [-0.2, -0.15) is 0 Å². The van der Waals surface area contributed by atoms with Gasteiger partial charge in [0.1, 0.15) is 11.3 Å². The molecule has 0 fully saturated rings. The lowest BCUT2D eigenvalue weighted by Gasteiger charge is -2.08. The summed E-state index contributed by atoms with van der Waals surface area (Å²) in [4.78, 5) is 4.42. The summed E-state index contributed by atoms with van der Waals surface area (Å²) in [5.74, 6) is 0.757. The fourth-order valence-corrected chi connectivity index (χ4v) is 2.22. The number of benzene rings is 1. The fourth-order valence-electron chi connectivity index (χ4n) is 1.47. The summed E-state index contributed by atoms with van der Waals surface area (Å²) in [7, 11) is 1.63. The summed E-state index contributed by atoms with van der Waals surface area (Å²) in [5.41, 5.74) is 1.62. The molecule has 0 atom stereocenters. The zero-order valence-electron chi connectivity index (χ0n) is 8.34. The summed E-state index contributed by atoms with van der Waals surface area (Å²) in [5, 5.41) is 1.61. The van der Waals surface area contributed by atoms with E-state index in [1.54, 1.807) is 7.11 Å². The Bertz CT molecular complexity index is 527. The van der Waals surface area contributed by atoms with Gasteiger partial charge in [0.15, 0.2) is 0 Å². The molecule has 0 unspecified atom stereocenters. The second-order valence-electron chi connectivity index (χ2n) is 3.18. The minimum Gasteiger partial charge on any atom is -0.494 e. The quantitative estimate of drug-likeness (QED) is 0.791. The Balaban J connectivity index is 2.91. The maximum Gasteiger partial charge on any atom is 0.145 e. The average Bonchev–Trinajstić information content (AvgIpc) is 2.25. The third kappa shape index (κ3) is 1.70. The number of ether oxygens (including phenoxy) is 1. The number of hydrogen-bond acceptors (Lipinski definition) is 2. The molecule has 4 heteroatoms. The summed E-state index contributed by atoms with van der Waals surface area (Å²) in [6, 6.07) is 5.76. The van der Waals surface area contributed by atoms with Crippen LogP contribution in [0, 0.1) is 6.92 Å². The van der Waals surface area contributed by atoms with Crippen molar-refractivity contribution in [2.24, 2.45) is 0 Å². The van der Waals surface area contributed by atoms with Gasteiger partial charge in [0.2, 0.25) is 0 Å². The lowest BCUT2D eigenvalue weighted by Crippen LogP contribution is -1.91. The molecule has 0 amide bonds. The van der Waals surface area contributed by atoms with Crippen LogP contribution in [0.4, 0.5) is 0 Å². The molecule has 0 saturated carbocycles. The van der Waals surface area contributed by atoms with Crippen LogP contribution in [0.3, 0.4) is 0 Å². The Kier molecular flexibility index (Phi) is 2.85. The lowest BCUT2D eigenvalue weighted by molar-refractivity contribution is 0.419. The van der Waals surface area contributed by atoms with Crippen LogP contribution in [-0.4, -0.2) is 12.1 Å². The van der Waals surface area contributed by atoms with Gasteiger partial charge in [-0.05, 0) is 28.9 Å². The predicted molar refractivity (Wildman–Crippen MR) is 65.7 cm³/mol. The van der Waals surface area contributed by atoms with Crippen LogP contribution in [0.5, 0.6) is 5.75 Å². The molecule has 0 spiro atoms. The Morgan fingerprint density at radius 2 is 2.13 bits per heavy atom. The van der Waals surface area contributed by atoms with Crippen LogP contribution in [-0.2, 0) is 0 Å². The maximum absolute atomic E-state index is 6.10. The summed E-state index contributed by atoms with van der Waals surface area (Å²) in [6.07, 6.45) is 0. The number of hydrogen-bond donors (Lipinski definition) is 0. The molecule has 0 N–H and O–H groups in total. The second kappa shape index (κ2) is 3.99. The van der Waals surface area contributed by atoms with Gasteiger partial charge < -0.3 is 4.74 Å². The van der Waals surface area contributed by atoms with Crippen LogP contribution in [0.1, 0.15) is 5.69 Å². The second-order valence-corrected chi connectivity index (χ2v) is 4.35. The van der Waals surface area contributed by atoms with Crippen LogP contribution < -0.4 is 4.74 Å². The molecule has 0 aliphatic carbocycles. The number of rotatable bonds is 1. The first-order valence-corrected chi connectivity index (χ1v) is 5.60. The Morgan fingerprint density at radius 3 is 2.80 bits per heavy atom. The molecule has 2 rings (SSSR count). The average molecular weight is 287 g/mol. The number of aryl methyl sites for hydroxylation is 1. The van der Waals surface area contributed by atoms with Crippen molar-refractivity contribution >= 4 is 38.4 Å². The molecular formula is C11H9BrClNO. The smallest absolute Gasteiger partial charge is 0.145 e. The minimum absolute atomic E-state index is 0.649. The summed E-state index contributed by atoms with van der Waals surface area (Å²) < 4.78 is 6.12. The lowest BCUT2D eigenvalue weighted by atomic mass is 10.2. The van der Waals surface area contributed by atoms with E-state index < -0.39 is 0 Å². The third-order valence-electron chi connectivity index (χ3n) is 2.25. The molecule has 1 aromatic heterocycles. The van der Waals surface area contributed by atoms with E-state index in [2.05, 4.69) is 20.9 Å². The van der Waals surface area contributed by atoms with E-state index in [4.69, 9.17) is 16.3 Å². The van der Waals surface area contributed by atoms with Crippen LogP contribution in [0.15, 0.2) is 22.7 Å². The molecule has 2 aromatic rings. The van der Waals surface area contributed by atoms with Gasteiger partial charge in [-0.3, -0.25) is 0 Å². The van der Waals surface area contributed by atoms with Crippen molar-refractivity contribution in [1.82, 2.24) is 4.98 Å². The summed E-state index contributed by atoms with van der Waals surface area (Å²) >= 11 is 9.57. The highest BCUT2D eigenvalue weighted by molar-refractivity contribution is 9.10. The molecule has 0 saturated heterocycles. The highest BCUT2D eigenvalue weighted by Crippen LogP contribution is 2.35. The molecule has 0 radical (unpaired) electrons. The van der Waals surface area contributed by atoms with E-state index >= 15 is 0 Å². The van der Waals surface area contributed by atoms with Gasteiger partial charge in [0.25, 0.3) is 0 Å². The van der Waals surface area contributed by atoms with Gasteiger partial charge in [0.05, 0.1) is 17.8 Å². The van der Waals surface area contributed by atoms with Crippen LogP contribution in [0.2, 0.25) is 5.02 Å². The first-order valence-electron chi connectivity index (χ1n) is 4.43. The van der Waals surface area contributed by atoms with E-state index in [9.17, 15) is 0 Å². The molecule has 15 heavy (non-hydrogen) atoms. The molecular weight excluding hydrogens is 277 g/mol. The monoisotopic (exact) mass is 285 g/mol. The van der Waals surface area contributed by atoms with Gasteiger partial charge in [-0.15, -0.1) is 0 Å². The minimum atomic E-state index is 0.649. The number of methoxy groups -OCH3 is 1. The van der Waals surface area contributed by atoms with Crippen molar-refractivity contribution in [3.8, 4) is 5.75 Å². The highest BCUT2D eigenvalue weighted by atomic mass is 79.9. The molecule has 78 valence electrons. The first-order chi connectivity index (χ1) is 7.15. The SMILES string of the molecule is COc1cccc2c(Br)c(Cl)c(C)nc12. The molecule has 2 nitrogen and oxygen atoms in total. The Hall–Kier alpha value is -0.800. The highest BCUT2D eigenvalue weighted by Gasteiger charge is 2.11. The topological polar surface area (TPSA) is 22.1 Å². The number of fused-ring (bicyclic) bond motifs is 1. The fraction of sp³-hybridized carbons (Fsp3) is 0.182. The number of para-hydroxylation sites is 1. The number of halogens is 2. The van der Waals surface area contributed by atoms with Gasteiger partial charge in [0, 0.05) is 9.86 Å². The standard InChI is InChI=1S/C11H9BrClNO/c1-6-10(13)9(12)7-4-3-5-8(15-2)11(7)14-6/h3-5H,1-2H3. The molecule has 1 heterocycles. The predicted octanol–water partition coefficient (Wildman–Crippen LogP) is 3.97. The Morgan fingerprint density at radius 1 is 1.40 bits per heavy atom. The molecule has 0 aliphatic heterocycles. The largest absolute Gasteiger partial charge is 0.494 e. The van der Waals surface area contributed by atoms with Gasteiger partial charge >= 0.3 is 0 Å². The maximum atomic E-state index is 6.10. The van der Waals surface area contributed by atoms with E-state index in [-0.39, 0.29) is 0 Å². The van der Waals surface area contributed by atoms with Crippen molar-refractivity contribution in [2.75, 3.05) is 7.11 Å². The normalized spacial score (nSPS) is 10.7. The molecule has 0 aliphatic rings. The van der Waals surface area contributed by atoms with Crippen molar-refractivity contribution in [2.45, 2.75) is 6.92 Å². The number of nitrogens with zero attached hydrogens (tertiary/aromatic N) is 1. The zero-order valence-corrected chi connectivity index (χ0v) is 10.7. The molecule has 0 bridgehead atoms. The third-order valence-corrected chi connectivity index (χ3v) is 3.76. The van der Waals surface area contributed by atoms with Crippen molar-refractivity contribution in [3.63, 3.8) is 0 Å². The van der Waals surface area contributed by atoms with E-state index in [0.717, 1.165) is 26.8 Å². The van der Waals surface area contributed by atoms with E-state index in [1.165, 1.54) is 0 Å². The van der Waals surface area contributed by atoms with Crippen LogP contribution >= 0.6 is 27.5 Å². The number of aromatic nitrogens is 1. The van der Waals surface area contributed by atoms with E-state index in [0.29, 0.717) is 5.02 Å². The van der Waals surface area contributed by atoms with Crippen LogP contribution in [0.25, 0.3) is 10.9 Å². The first kappa shape index (κ1) is 10.7. The van der Waals surface area contributed by atoms with Gasteiger partial charge in [-0.1, -0.05) is 23.7 Å². The van der Waals surface area contributed by atoms with Crippen molar-refractivity contribution in [1.29, 1.82) is 0 Å². The number of pyridine rings is 1. The van der Waals surface area contributed by atoms with E-state index in [1.807, 2.05) is 25.1 Å².